The Kier molecular flexibility index (Phi) is 6.29. The summed E-state index contributed by atoms with van der Waals surface area (Å²) in [5.41, 5.74) is 0.309. The normalized spacial score (nSPS) is 25.0. The molecule has 1 saturated heterocycles. The second-order valence-electron chi connectivity index (χ2n) is 6.97. The molecular formula is C18H26N2O5S. The van der Waals surface area contributed by atoms with Gasteiger partial charge in [0.1, 0.15) is 0 Å². The number of carbonyl (C=O) groups is 1. The van der Waals surface area contributed by atoms with Crippen LogP contribution in [0.3, 0.4) is 0 Å². The third kappa shape index (κ3) is 4.82. The average molecular weight is 382 g/mol. The second kappa shape index (κ2) is 8.47. The molecule has 1 aromatic rings. The van der Waals surface area contributed by atoms with Gasteiger partial charge >= 0.3 is 0 Å². The lowest BCUT2D eigenvalue weighted by Gasteiger charge is -2.28. The molecule has 26 heavy (non-hydrogen) atoms. The maximum atomic E-state index is 12.6. The maximum absolute atomic E-state index is 12.6. The number of amides is 1. The van der Waals surface area contributed by atoms with Crippen LogP contribution >= 0.6 is 0 Å². The van der Waals surface area contributed by atoms with Gasteiger partial charge in [-0.2, -0.15) is 0 Å². The fourth-order valence-corrected chi connectivity index (χ4v) is 4.78. The first kappa shape index (κ1) is 19.3. The van der Waals surface area contributed by atoms with Crippen molar-refractivity contribution < 1.29 is 23.1 Å². The van der Waals surface area contributed by atoms with Gasteiger partial charge < -0.3 is 15.2 Å². The first-order chi connectivity index (χ1) is 12.5. The van der Waals surface area contributed by atoms with Crippen LogP contribution in [0, 0.1) is 0 Å². The smallest absolute Gasteiger partial charge is 0.251 e. The lowest BCUT2D eigenvalue weighted by Crippen LogP contribution is -2.45. The van der Waals surface area contributed by atoms with Gasteiger partial charge in [0, 0.05) is 30.9 Å². The van der Waals surface area contributed by atoms with Gasteiger partial charge in [-0.25, -0.2) is 13.1 Å². The van der Waals surface area contributed by atoms with Gasteiger partial charge in [0.2, 0.25) is 10.0 Å². The second-order valence-corrected chi connectivity index (χ2v) is 8.68. The summed E-state index contributed by atoms with van der Waals surface area (Å²) in [7, 11) is -3.79. The van der Waals surface area contributed by atoms with Gasteiger partial charge in [-0.05, 0) is 43.9 Å². The van der Waals surface area contributed by atoms with Crippen molar-refractivity contribution in [2.75, 3.05) is 13.2 Å². The van der Waals surface area contributed by atoms with Crippen LogP contribution in [-0.2, 0) is 14.8 Å². The van der Waals surface area contributed by atoms with Crippen molar-refractivity contribution in [3.8, 4) is 0 Å². The Labute approximate surface area is 154 Å². The number of hydrogen-bond donors (Lipinski definition) is 3. The minimum Gasteiger partial charge on any atom is -0.391 e. The standard InChI is InChI=1S/C18H26N2O5S/c21-17-7-2-1-6-16(17)20-26(23,24)15-5-3-4-13(12-15)18(22)19-14-8-10-25-11-9-14/h3-5,12,14,16-17,20-21H,1-2,6-11H2,(H,19,22)/t16-,17-/m0/s1. The first-order valence-electron chi connectivity index (χ1n) is 9.15. The SMILES string of the molecule is O=C(NC1CCOCC1)c1cccc(S(=O)(=O)N[C@H]2CCCC[C@@H]2O)c1. The summed E-state index contributed by atoms with van der Waals surface area (Å²) in [6.07, 6.45) is 3.85. The van der Waals surface area contributed by atoms with Gasteiger partial charge in [-0.15, -0.1) is 0 Å². The van der Waals surface area contributed by atoms with E-state index in [0.717, 1.165) is 25.7 Å². The van der Waals surface area contributed by atoms with Gasteiger partial charge in [0.15, 0.2) is 0 Å². The molecule has 0 aromatic heterocycles. The number of rotatable bonds is 5. The molecular weight excluding hydrogens is 356 g/mol. The molecule has 0 bridgehead atoms. The molecule has 3 N–H and O–H groups in total. The molecule has 1 amide bonds. The zero-order chi connectivity index (χ0) is 18.6. The molecule has 0 spiro atoms. The third-order valence-electron chi connectivity index (χ3n) is 5.00. The summed E-state index contributed by atoms with van der Waals surface area (Å²) in [6.45, 7) is 1.24. The minimum absolute atomic E-state index is 0.0369. The molecule has 1 aromatic carbocycles. The predicted octanol–water partition coefficient (Wildman–Crippen LogP) is 1.18. The molecule has 1 aliphatic heterocycles. The number of aliphatic hydroxyl groups excluding tert-OH is 1. The fraction of sp³-hybridized carbons (Fsp3) is 0.611. The van der Waals surface area contributed by atoms with Crippen LogP contribution < -0.4 is 10.0 Å². The van der Waals surface area contributed by atoms with Crippen LogP contribution in [0.4, 0.5) is 0 Å². The van der Waals surface area contributed by atoms with Crippen LogP contribution in [0.2, 0.25) is 0 Å². The van der Waals surface area contributed by atoms with Crippen LogP contribution in [0.5, 0.6) is 0 Å². The fourth-order valence-electron chi connectivity index (χ4n) is 3.43. The largest absolute Gasteiger partial charge is 0.391 e. The van der Waals surface area contributed by atoms with Gasteiger partial charge in [-0.3, -0.25) is 4.79 Å². The van der Waals surface area contributed by atoms with Crippen molar-refractivity contribution in [2.45, 2.75) is 61.6 Å². The van der Waals surface area contributed by atoms with E-state index in [9.17, 15) is 18.3 Å². The van der Waals surface area contributed by atoms with E-state index in [0.29, 0.717) is 31.6 Å². The molecule has 2 fully saturated rings. The van der Waals surface area contributed by atoms with Gasteiger partial charge in [0.25, 0.3) is 5.91 Å². The molecule has 144 valence electrons. The highest BCUT2D eigenvalue weighted by Crippen LogP contribution is 2.21. The van der Waals surface area contributed by atoms with Crippen LogP contribution in [0.1, 0.15) is 48.9 Å². The van der Waals surface area contributed by atoms with Crippen molar-refractivity contribution in [3.05, 3.63) is 29.8 Å². The molecule has 0 unspecified atom stereocenters. The number of nitrogens with one attached hydrogen (secondary N) is 2. The van der Waals surface area contributed by atoms with E-state index in [2.05, 4.69) is 10.0 Å². The molecule has 1 aliphatic carbocycles. The Morgan fingerprint density at radius 2 is 1.85 bits per heavy atom. The Balaban J connectivity index is 1.69. The highest BCUT2D eigenvalue weighted by atomic mass is 32.2. The number of aliphatic hydroxyl groups is 1. The van der Waals surface area contributed by atoms with E-state index in [1.807, 2.05) is 0 Å². The molecule has 3 rings (SSSR count). The molecule has 0 radical (unpaired) electrons. The van der Waals surface area contributed by atoms with Crippen LogP contribution in [-0.4, -0.2) is 50.8 Å². The molecule has 7 nitrogen and oxygen atoms in total. The Morgan fingerprint density at radius 3 is 2.58 bits per heavy atom. The summed E-state index contributed by atoms with van der Waals surface area (Å²) in [4.78, 5) is 12.5. The van der Waals surface area contributed by atoms with E-state index >= 15 is 0 Å². The summed E-state index contributed by atoms with van der Waals surface area (Å²) >= 11 is 0. The van der Waals surface area contributed by atoms with E-state index in [4.69, 9.17) is 4.74 Å². The Hall–Kier alpha value is -1.48. The topological polar surface area (TPSA) is 105 Å². The predicted molar refractivity (Wildman–Crippen MR) is 96.3 cm³/mol. The maximum Gasteiger partial charge on any atom is 0.251 e. The molecule has 2 atom stereocenters. The third-order valence-corrected chi connectivity index (χ3v) is 6.49. The van der Waals surface area contributed by atoms with Crippen molar-refractivity contribution in [1.29, 1.82) is 0 Å². The van der Waals surface area contributed by atoms with Crippen molar-refractivity contribution in [1.82, 2.24) is 10.0 Å². The summed E-state index contributed by atoms with van der Waals surface area (Å²) in [6, 6.07) is 5.57. The number of benzene rings is 1. The van der Waals surface area contributed by atoms with Crippen molar-refractivity contribution >= 4 is 15.9 Å². The van der Waals surface area contributed by atoms with E-state index < -0.39 is 22.2 Å². The lowest BCUT2D eigenvalue weighted by molar-refractivity contribution is 0.0696. The van der Waals surface area contributed by atoms with Crippen molar-refractivity contribution in [3.63, 3.8) is 0 Å². The van der Waals surface area contributed by atoms with Crippen LogP contribution in [0.15, 0.2) is 29.2 Å². The minimum atomic E-state index is -3.79. The van der Waals surface area contributed by atoms with Gasteiger partial charge in [-0.1, -0.05) is 18.9 Å². The Bertz CT molecular complexity index is 731. The van der Waals surface area contributed by atoms with Gasteiger partial charge in [0.05, 0.1) is 11.0 Å². The van der Waals surface area contributed by atoms with E-state index in [-0.39, 0.29) is 16.8 Å². The van der Waals surface area contributed by atoms with E-state index in [1.54, 1.807) is 12.1 Å². The first-order valence-corrected chi connectivity index (χ1v) is 10.6. The number of ether oxygens (including phenoxy) is 1. The zero-order valence-electron chi connectivity index (χ0n) is 14.7. The quantitative estimate of drug-likeness (QED) is 0.709. The van der Waals surface area contributed by atoms with Crippen molar-refractivity contribution in [2.24, 2.45) is 0 Å². The molecule has 8 heteroatoms. The zero-order valence-corrected chi connectivity index (χ0v) is 15.5. The summed E-state index contributed by atoms with van der Waals surface area (Å²) in [5.74, 6) is -0.286. The Morgan fingerprint density at radius 1 is 1.12 bits per heavy atom. The molecule has 1 saturated carbocycles. The molecule has 2 aliphatic rings. The average Bonchev–Trinajstić information content (AvgIpc) is 2.64. The van der Waals surface area contributed by atoms with Crippen LogP contribution in [0.25, 0.3) is 0 Å². The molecule has 1 heterocycles. The monoisotopic (exact) mass is 382 g/mol. The number of carbonyl (C=O) groups excluding carboxylic acids is 1. The highest BCUT2D eigenvalue weighted by molar-refractivity contribution is 7.89. The summed E-state index contributed by atoms with van der Waals surface area (Å²) in [5, 5.41) is 12.9. The number of sulfonamides is 1. The lowest BCUT2D eigenvalue weighted by atomic mass is 9.93. The number of hydrogen-bond acceptors (Lipinski definition) is 5. The summed E-state index contributed by atoms with van der Waals surface area (Å²) < 4.78 is 33.1. The highest BCUT2D eigenvalue weighted by Gasteiger charge is 2.28. The van der Waals surface area contributed by atoms with E-state index in [1.165, 1.54) is 12.1 Å².